The lowest BCUT2D eigenvalue weighted by atomic mass is 10.1. The Morgan fingerprint density at radius 2 is 1.86 bits per heavy atom. The number of fused-ring (bicyclic) bond motifs is 2. The van der Waals surface area contributed by atoms with E-state index in [4.69, 9.17) is 19.6 Å². The maximum absolute atomic E-state index is 8.14. The summed E-state index contributed by atoms with van der Waals surface area (Å²) in [6, 6.07) is 15.1. The number of rotatable bonds is 2. The largest absolute Gasteiger partial charge is 0.457 e. The Morgan fingerprint density at radius 3 is 2.57 bits per heavy atom. The van der Waals surface area contributed by atoms with Gasteiger partial charge in [0.15, 0.2) is 6.29 Å². The molecule has 1 fully saturated rings. The van der Waals surface area contributed by atoms with Gasteiger partial charge in [-0.25, -0.2) is 0 Å². The minimum Gasteiger partial charge on any atom is -0.457 e. The third-order valence-electron chi connectivity index (χ3n) is 3.56. The zero-order valence-electron chi connectivity index (χ0n) is 11.4. The zero-order valence-corrected chi connectivity index (χ0v) is 11.4. The van der Waals surface area contributed by atoms with Crippen molar-refractivity contribution in [3.63, 3.8) is 0 Å². The first-order valence-electron chi connectivity index (χ1n) is 6.77. The van der Waals surface area contributed by atoms with Gasteiger partial charge in [-0.2, -0.15) is 0 Å². The minimum absolute atomic E-state index is 0.239. The van der Waals surface area contributed by atoms with Crippen molar-refractivity contribution in [1.29, 1.82) is 5.41 Å². The molecule has 0 radical (unpaired) electrons. The second kappa shape index (κ2) is 4.31. The molecule has 1 saturated heterocycles. The summed E-state index contributed by atoms with van der Waals surface area (Å²) in [5.74, 6) is 0.550. The molecule has 4 rings (SSSR count). The van der Waals surface area contributed by atoms with E-state index < -0.39 is 5.91 Å². The highest BCUT2D eigenvalue weighted by Crippen LogP contribution is 2.45. The molecule has 0 saturated carbocycles. The first-order chi connectivity index (χ1) is 10.2. The van der Waals surface area contributed by atoms with Gasteiger partial charge < -0.3 is 10.1 Å². The van der Waals surface area contributed by atoms with Gasteiger partial charge >= 0.3 is 0 Å². The Hall–Kier alpha value is -2.37. The van der Waals surface area contributed by atoms with Crippen molar-refractivity contribution in [1.82, 2.24) is 5.32 Å². The van der Waals surface area contributed by atoms with Crippen molar-refractivity contribution in [2.45, 2.75) is 19.1 Å². The molecule has 0 aromatic heterocycles. The molecule has 2 aliphatic rings. The van der Waals surface area contributed by atoms with E-state index in [1.54, 1.807) is 0 Å². The lowest BCUT2D eigenvalue weighted by Gasteiger charge is -2.43. The van der Waals surface area contributed by atoms with Crippen molar-refractivity contribution in [3.05, 3.63) is 59.7 Å². The van der Waals surface area contributed by atoms with E-state index in [0.29, 0.717) is 11.3 Å². The van der Waals surface area contributed by atoms with Crippen LogP contribution in [-0.2, 0) is 15.4 Å². The van der Waals surface area contributed by atoms with Crippen LogP contribution in [0.1, 0.15) is 18.1 Å². The molecule has 1 spiro atoms. The molecule has 0 amide bonds. The molecule has 2 aliphatic heterocycles. The first-order valence-corrected chi connectivity index (χ1v) is 6.77. The van der Waals surface area contributed by atoms with Crippen LogP contribution in [0.3, 0.4) is 0 Å². The van der Waals surface area contributed by atoms with Gasteiger partial charge in [-0.15, -0.1) is 0 Å². The minimum atomic E-state index is -1.03. The van der Waals surface area contributed by atoms with E-state index in [2.05, 4.69) is 5.32 Å². The average Bonchev–Trinajstić information content (AvgIpc) is 2.74. The zero-order chi connectivity index (χ0) is 14.4. The highest BCUT2D eigenvalue weighted by atomic mass is 16.9. The molecular weight excluding hydrogens is 268 g/mol. The third-order valence-corrected chi connectivity index (χ3v) is 3.56. The lowest BCUT2D eigenvalue weighted by Crippen LogP contribution is -2.57. The van der Waals surface area contributed by atoms with E-state index in [9.17, 15) is 0 Å². The standard InChI is InChI=1S/C16H14N2O3/c1-10-20-16(21-10)12-8-5-9-13(14(12)15(17)18-16)19-11-6-3-2-4-7-11/h2-10H,1H3,(H2,17,18). The van der Waals surface area contributed by atoms with E-state index in [1.807, 2.05) is 55.5 Å². The Bertz CT molecular complexity index is 709. The quantitative estimate of drug-likeness (QED) is 0.889. The topological polar surface area (TPSA) is 63.6 Å². The molecule has 0 unspecified atom stereocenters. The van der Waals surface area contributed by atoms with Crippen LogP contribution in [0.4, 0.5) is 0 Å². The summed E-state index contributed by atoms with van der Waals surface area (Å²) in [6.45, 7) is 1.82. The summed E-state index contributed by atoms with van der Waals surface area (Å²) in [4.78, 5) is 0. The summed E-state index contributed by atoms with van der Waals surface area (Å²) in [5.41, 5.74) is 1.45. The molecule has 21 heavy (non-hydrogen) atoms. The molecule has 5 nitrogen and oxygen atoms in total. The normalized spacial score (nSPS) is 26.1. The van der Waals surface area contributed by atoms with Crippen LogP contribution in [0.15, 0.2) is 48.5 Å². The second-order valence-corrected chi connectivity index (χ2v) is 5.01. The summed E-state index contributed by atoms with van der Waals surface area (Å²) >= 11 is 0. The molecule has 2 heterocycles. The molecule has 106 valence electrons. The van der Waals surface area contributed by atoms with Crippen molar-refractivity contribution >= 4 is 5.84 Å². The Kier molecular flexibility index (Phi) is 2.54. The molecular formula is C16H14N2O3. The fourth-order valence-electron chi connectivity index (χ4n) is 2.72. The lowest BCUT2D eigenvalue weighted by molar-refractivity contribution is -0.461. The number of amidine groups is 1. The van der Waals surface area contributed by atoms with Crippen molar-refractivity contribution in [2.75, 3.05) is 0 Å². The van der Waals surface area contributed by atoms with Crippen LogP contribution >= 0.6 is 0 Å². The third kappa shape index (κ3) is 1.82. The highest BCUT2D eigenvalue weighted by molar-refractivity contribution is 6.04. The summed E-state index contributed by atoms with van der Waals surface area (Å²) < 4.78 is 17.2. The molecule has 0 aliphatic carbocycles. The number of ether oxygens (including phenoxy) is 3. The van der Waals surface area contributed by atoms with Gasteiger partial charge in [0.1, 0.15) is 17.3 Å². The van der Waals surface area contributed by atoms with Gasteiger partial charge in [0, 0.05) is 5.56 Å². The van der Waals surface area contributed by atoms with Crippen LogP contribution in [-0.4, -0.2) is 12.1 Å². The number of para-hydroxylation sites is 1. The van der Waals surface area contributed by atoms with E-state index in [1.165, 1.54) is 0 Å². The number of hydrogen-bond donors (Lipinski definition) is 2. The monoisotopic (exact) mass is 282 g/mol. The Morgan fingerprint density at radius 1 is 1.10 bits per heavy atom. The molecule has 0 bridgehead atoms. The highest BCUT2D eigenvalue weighted by Gasteiger charge is 2.54. The van der Waals surface area contributed by atoms with Crippen LogP contribution < -0.4 is 10.1 Å². The van der Waals surface area contributed by atoms with Gasteiger partial charge in [-0.05, 0) is 25.1 Å². The average molecular weight is 282 g/mol. The molecule has 2 aromatic carbocycles. The number of nitrogens with one attached hydrogen (secondary N) is 2. The maximum Gasteiger partial charge on any atom is 0.284 e. The van der Waals surface area contributed by atoms with E-state index in [-0.39, 0.29) is 12.1 Å². The van der Waals surface area contributed by atoms with E-state index in [0.717, 1.165) is 11.3 Å². The molecule has 0 atom stereocenters. The van der Waals surface area contributed by atoms with Crippen molar-refractivity contribution in [2.24, 2.45) is 0 Å². The van der Waals surface area contributed by atoms with E-state index >= 15 is 0 Å². The fraction of sp³-hybridized carbons (Fsp3) is 0.188. The summed E-state index contributed by atoms with van der Waals surface area (Å²) in [6.07, 6.45) is -0.282. The van der Waals surface area contributed by atoms with Gasteiger partial charge in [0.25, 0.3) is 5.91 Å². The predicted molar refractivity (Wildman–Crippen MR) is 76.2 cm³/mol. The molecule has 2 aromatic rings. The fourth-order valence-corrected chi connectivity index (χ4v) is 2.72. The summed E-state index contributed by atoms with van der Waals surface area (Å²) in [5, 5.41) is 11.1. The Balaban J connectivity index is 1.75. The van der Waals surface area contributed by atoms with Gasteiger partial charge in [-0.1, -0.05) is 30.3 Å². The van der Waals surface area contributed by atoms with Crippen LogP contribution in [0.2, 0.25) is 0 Å². The van der Waals surface area contributed by atoms with Crippen LogP contribution in [0, 0.1) is 5.41 Å². The van der Waals surface area contributed by atoms with Crippen LogP contribution in [0.25, 0.3) is 0 Å². The first kappa shape index (κ1) is 12.4. The van der Waals surface area contributed by atoms with Crippen molar-refractivity contribution in [3.8, 4) is 11.5 Å². The molecule has 5 heteroatoms. The summed E-state index contributed by atoms with van der Waals surface area (Å²) in [7, 11) is 0. The van der Waals surface area contributed by atoms with Gasteiger partial charge in [0.05, 0.1) is 5.56 Å². The number of hydrogen-bond acceptors (Lipinski definition) is 4. The van der Waals surface area contributed by atoms with Crippen LogP contribution in [0.5, 0.6) is 11.5 Å². The second-order valence-electron chi connectivity index (χ2n) is 5.01. The SMILES string of the molecule is CC1OC2(NC(=N)c3c(Oc4ccccc4)cccc32)O1. The van der Waals surface area contributed by atoms with Gasteiger partial charge in [0.2, 0.25) is 0 Å². The predicted octanol–water partition coefficient (Wildman–Crippen LogP) is 2.91. The maximum atomic E-state index is 8.14. The van der Waals surface area contributed by atoms with Gasteiger partial charge in [-0.3, -0.25) is 14.9 Å². The molecule has 2 N–H and O–H groups in total. The van der Waals surface area contributed by atoms with Crippen molar-refractivity contribution < 1.29 is 14.2 Å². The Labute approximate surface area is 122 Å². The smallest absolute Gasteiger partial charge is 0.284 e. The number of benzene rings is 2.